The minimum Gasteiger partial charge on any atom is -0.469 e. The summed E-state index contributed by atoms with van der Waals surface area (Å²) in [6.07, 6.45) is 3.34. The number of likely N-dealkylation sites (tertiary alicyclic amines) is 1. The summed E-state index contributed by atoms with van der Waals surface area (Å²) in [5.41, 5.74) is 1.26. The number of furan rings is 1. The maximum atomic E-state index is 13.4. The summed E-state index contributed by atoms with van der Waals surface area (Å²) in [4.78, 5) is 28.0. The molecule has 2 amide bonds. The zero-order valence-electron chi connectivity index (χ0n) is 18.2. The van der Waals surface area contributed by atoms with Crippen LogP contribution in [-0.4, -0.2) is 59.8 Å². The summed E-state index contributed by atoms with van der Waals surface area (Å²) in [5.74, 6) is 0.326. The molecule has 0 bridgehead atoms. The Bertz CT molecular complexity index is 1100. The molecule has 4 heterocycles. The van der Waals surface area contributed by atoms with E-state index in [1.54, 1.807) is 12.3 Å². The van der Waals surface area contributed by atoms with Gasteiger partial charge in [-0.3, -0.25) is 14.7 Å². The number of hydrogen-bond acceptors (Lipinski definition) is 5. The van der Waals surface area contributed by atoms with Crippen LogP contribution in [0.1, 0.15) is 41.9 Å². The molecule has 0 aliphatic carbocycles. The van der Waals surface area contributed by atoms with Crippen LogP contribution in [0.25, 0.3) is 10.9 Å². The van der Waals surface area contributed by atoms with Gasteiger partial charge in [-0.1, -0.05) is 18.2 Å². The molecule has 1 aromatic carbocycles. The molecule has 8 heteroatoms. The zero-order valence-corrected chi connectivity index (χ0v) is 18.2. The van der Waals surface area contributed by atoms with Gasteiger partial charge in [0.25, 0.3) is 5.91 Å². The lowest BCUT2D eigenvalue weighted by Gasteiger charge is -2.38. The van der Waals surface area contributed by atoms with E-state index in [1.165, 1.54) is 0 Å². The highest BCUT2D eigenvalue weighted by molar-refractivity contribution is 6.04. The van der Waals surface area contributed by atoms with Crippen LogP contribution in [0.15, 0.2) is 47.1 Å². The Morgan fingerprint density at radius 3 is 2.84 bits per heavy atom. The molecule has 2 aliphatic rings. The second-order valence-corrected chi connectivity index (χ2v) is 8.96. The molecule has 168 valence electrons. The molecule has 5 rings (SSSR count). The van der Waals surface area contributed by atoms with E-state index < -0.39 is 0 Å². The normalized spacial score (nSPS) is 21.2. The third kappa shape index (κ3) is 3.68. The third-order valence-corrected chi connectivity index (χ3v) is 7.15. The molecular weight excluding hydrogens is 408 g/mol. The van der Waals surface area contributed by atoms with E-state index in [9.17, 15) is 9.59 Å². The van der Waals surface area contributed by atoms with Gasteiger partial charge in [-0.2, -0.15) is 5.10 Å². The van der Waals surface area contributed by atoms with Crippen molar-refractivity contribution in [2.24, 2.45) is 11.3 Å². The van der Waals surface area contributed by atoms with Gasteiger partial charge in [-0.15, -0.1) is 0 Å². The zero-order chi connectivity index (χ0) is 22.1. The van der Waals surface area contributed by atoms with Crippen molar-refractivity contribution < 1.29 is 18.7 Å². The third-order valence-electron chi connectivity index (χ3n) is 7.15. The standard InChI is InChI=1S/C24H28N4O4/c1-16(20-7-4-10-32-20)22(29)25-13-17-14-28(15-24(17)8-11-31-12-9-24)23(30)21-18-5-2-3-6-19(18)26-27-21/h2-7,10,16-17H,8-9,11-15H2,1H3,(H,25,29)(H,26,27). The van der Waals surface area contributed by atoms with Gasteiger partial charge in [-0.25, -0.2) is 0 Å². The summed E-state index contributed by atoms with van der Waals surface area (Å²) in [5, 5.41) is 11.2. The average molecular weight is 437 g/mol. The van der Waals surface area contributed by atoms with Crippen LogP contribution in [0.5, 0.6) is 0 Å². The first-order valence-corrected chi connectivity index (χ1v) is 11.2. The van der Waals surface area contributed by atoms with Gasteiger partial charge < -0.3 is 19.4 Å². The second kappa shape index (κ2) is 8.43. The SMILES string of the molecule is CC(C(=O)NCC1CN(C(=O)c2n[nH]c3ccccc23)CC12CCOCC2)c1ccco1. The molecule has 2 N–H and O–H groups in total. The Morgan fingerprint density at radius 1 is 1.25 bits per heavy atom. The molecule has 8 nitrogen and oxygen atoms in total. The number of ether oxygens (including phenoxy) is 1. The Kier molecular flexibility index (Phi) is 5.46. The van der Waals surface area contributed by atoms with Crippen molar-refractivity contribution in [1.29, 1.82) is 0 Å². The van der Waals surface area contributed by atoms with Crippen molar-refractivity contribution in [3.63, 3.8) is 0 Å². The van der Waals surface area contributed by atoms with E-state index in [-0.39, 0.29) is 29.1 Å². The van der Waals surface area contributed by atoms with Gasteiger partial charge in [-0.05, 0) is 43.4 Å². The van der Waals surface area contributed by atoms with E-state index in [0.29, 0.717) is 44.3 Å². The first kappa shape index (κ1) is 20.8. The molecule has 0 radical (unpaired) electrons. The largest absolute Gasteiger partial charge is 0.469 e. The Morgan fingerprint density at radius 2 is 2.06 bits per heavy atom. The van der Waals surface area contributed by atoms with Crippen LogP contribution in [0.2, 0.25) is 0 Å². The first-order valence-electron chi connectivity index (χ1n) is 11.2. The lowest BCUT2D eigenvalue weighted by molar-refractivity contribution is -0.123. The van der Waals surface area contributed by atoms with Crippen molar-refractivity contribution in [1.82, 2.24) is 20.4 Å². The Balaban J connectivity index is 1.32. The van der Waals surface area contributed by atoms with Gasteiger partial charge in [0.15, 0.2) is 5.69 Å². The van der Waals surface area contributed by atoms with Gasteiger partial charge in [0.1, 0.15) is 5.76 Å². The number of nitrogens with one attached hydrogen (secondary N) is 2. The van der Waals surface area contributed by atoms with Gasteiger partial charge in [0, 0.05) is 44.2 Å². The van der Waals surface area contributed by atoms with Crippen molar-refractivity contribution in [3.8, 4) is 0 Å². The van der Waals surface area contributed by atoms with Crippen LogP contribution >= 0.6 is 0 Å². The van der Waals surface area contributed by atoms with Gasteiger partial charge >= 0.3 is 0 Å². The summed E-state index contributed by atoms with van der Waals surface area (Å²) < 4.78 is 11.0. The number of hydrogen-bond donors (Lipinski definition) is 2. The molecule has 1 spiro atoms. The highest BCUT2D eigenvalue weighted by atomic mass is 16.5. The highest BCUT2D eigenvalue weighted by Crippen LogP contribution is 2.44. The van der Waals surface area contributed by atoms with Crippen LogP contribution in [0, 0.1) is 11.3 Å². The fourth-order valence-electron chi connectivity index (χ4n) is 5.13. The van der Waals surface area contributed by atoms with Crippen LogP contribution < -0.4 is 5.32 Å². The first-order chi connectivity index (χ1) is 15.6. The number of carbonyl (C=O) groups is 2. The fraction of sp³-hybridized carbons (Fsp3) is 0.458. The highest BCUT2D eigenvalue weighted by Gasteiger charge is 2.49. The number of rotatable bonds is 5. The number of fused-ring (bicyclic) bond motifs is 1. The number of aromatic nitrogens is 2. The number of benzene rings is 1. The Hall–Kier alpha value is -3.13. The summed E-state index contributed by atoms with van der Waals surface area (Å²) in [6.45, 7) is 4.97. The number of para-hydroxylation sites is 1. The quantitative estimate of drug-likeness (QED) is 0.641. The van der Waals surface area contributed by atoms with Crippen molar-refractivity contribution >= 4 is 22.7 Å². The molecule has 2 atom stereocenters. The van der Waals surface area contributed by atoms with Crippen molar-refractivity contribution in [2.75, 3.05) is 32.8 Å². The number of H-pyrrole nitrogens is 1. The van der Waals surface area contributed by atoms with Crippen LogP contribution in [-0.2, 0) is 9.53 Å². The molecule has 2 aromatic heterocycles. The average Bonchev–Trinajstić information content (AvgIpc) is 3.56. The monoisotopic (exact) mass is 436 g/mol. The number of aromatic amines is 1. The van der Waals surface area contributed by atoms with E-state index in [0.717, 1.165) is 23.7 Å². The minimum atomic E-state index is -0.356. The van der Waals surface area contributed by atoms with E-state index >= 15 is 0 Å². The van der Waals surface area contributed by atoms with Gasteiger partial charge in [0.2, 0.25) is 5.91 Å². The minimum absolute atomic E-state index is 0.0543. The molecule has 0 saturated carbocycles. The molecule has 2 saturated heterocycles. The Labute approximate surface area is 186 Å². The lowest BCUT2D eigenvalue weighted by Crippen LogP contribution is -2.43. The molecule has 32 heavy (non-hydrogen) atoms. The fourth-order valence-corrected chi connectivity index (χ4v) is 5.13. The lowest BCUT2D eigenvalue weighted by atomic mass is 9.72. The molecule has 2 fully saturated rings. The summed E-state index contributed by atoms with van der Waals surface area (Å²) in [7, 11) is 0. The predicted octanol–water partition coefficient (Wildman–Crippen LogP) is 2.94. The maximum absolute atomic E-state index is 13.4. The maximum Gasteiger partial charge on any atom is 0.275 e. The molecular formula is C24H28N4O4. The van der Waals surface area contributed by atoms with Crippen molar-refractivity contribution in [2.45, 2.75) is 25.7 Å². The van der Waals surface area contributed by atoms with E-state index in [4.69, 9.17) is 9.15 Å². The van der Waals surface area contributed by atoms with Crippen LogP contribution in [0.3, 0.4) is 0 Å². The van der Waals surface area contributed by atoms with Crippen LogP contribution in [0.4, 0.5) is 0 Å². The summed E-state index contributed by atoms with van der Waals surface area (Å²) >= 11 is 0. The topological polar surface area (TPSA) is 100 Å². The molecule has 3 aromatic rings. The van der Waals surface area contributed by atoms with Gasteiger partial charge in [0.05, 0.1) is 17.7 Å². The van der Waals surface area contributed by atoms with E-state index in [2.05, 4.69) is 15.5 Å². The predicted molar refractivity (Wildman–Crippen MR) is 118 cm³/mol. The van der Waals surface area contributed by atoms with Crippen molar-refractivity contribution in [3.05, 3.63) is 54.1 Å². The smallest absolute Gasteiger partial charge is 0.275 e. The number of carbonyl (C=O) groups excluding carboxylic acids is 2. The second-order valence-electron chi connectivity index (χ2n) is 8.96. The number of nitrogens with zero attached hydrogens (tertiary/aromatic N) is 2. The summed E-state index contributed by atoms with van der Waals surface area (Å²) in [6, 6.07) is 11.3. The van der Waals surface area contributed by atoms with E-state index in [1.807, 2.05) is 42.2 Å². The molecule has 2 aliphatic heterocycles. The number of amides is 2. The molecule has 2 unspecified atom stereocenters.